The van der Waals surface area contributed by atoms with Gasteiger partial charge in [0.2, 0.25) is 0 Å². The first-order valence-corrected chi connectivity index (χ1v) is 10.8. The smallest absolute Gasteiger partial charge is 0.314 e. The van der Waals surface area contributed by atoms with Gasteiger partial charge in [-0.1, -0.05) is 55.0 Å². The van der Waals surface area contributed by atoms with Gasteiger partial charge in [0.05, 0.1) is 5.92 Å². The summed E-state index contributed by atoms with van der Waals surface area (Å²) in [4.78, 5) is 17.5. The van der Waals surface area contributed by atoms with E-state index in [1.807, 2.05) is 54.7 Å². The minimum absolute atomic E-state index is 0.0204. The topological polar surface area (TPSA) is 55.6 Å². The molecule has 0 unspecified atom stereocenters. The Morgan fingerprint density at radius 1 is 1.06 bits per heavy atom. The zero-order valence-electron chi connectivity index (χ0n) is 17.5. The molecule has 0 spiro atoms. The molecule has 156 valence electrons. The number of imidazole rings is 1. The van der Waals surface area contributed by atoms with Crippen molar-refractivity contribution in [1.29, 1.82) is 0 Å². The Balaban J connectivity index is 1.56. The fourth-order valence-electron chi connectivity index (χ4n) is 3.93. The number of carbonyl (C=O) groups is 1. The van der Waals surface area contributed by atoms with Crippen LogP contribution < -0.4 is 10.1 Å². The maximum Gasteiger partial charge on any atom is 0.314 e. The highest BCUT2D eigenvalue weighted by Gasteiger charge is 2.28. The van der Waals surface area contributed by atoms with Crippen LogP contribution in [0.15, 0.2) is 72.9 Å². The Kier molecular flexibility index (Phi) is 5.16. The summed E-state index contributed by atoms with van der Waals surface area (Å²) in [5.41, 5.74) is 4.74. The number of nitrogens with one attached hydrogen (secondary N) is 1. The molecule has 1 fully saturated rings. The second-order valence-electron chi connectivity index (χ2n) is 8.08. The number of carbonyl (C=O) groups excluding carboxylic acids is 1. The van der Waals surface area contributed by atoms with Gasteiger partial charge in [-0.15, -0.1) is 0 Å². The minimum atomic E-state index is -0.141. The third-order valence-corrected chi connectivity index (χ3v) is 5.94. The van der Waals surface area contributed by atoms with Crippen molar-refractivity contribution < 1.29 is 9.53 Å². The maximum absolute atomic E-state index is 12.5. The number of para-hydroxylation sites is 1. The van der Waals surface area contributed by atoms with Crippen molar-refractivity contribution in [2.75, 3.05) is 5.32 Å². The van der Waals surface area contributed by atoms with Crippen molar-refractivity contribution in [3.63, 3.8) is 0 Å². The highest BCUT2D eigenvalue weighted by Crippen LogP contribution is 2.37. The fraction of sp³-hybridized carbons (Fsp3) is 0.231. The Morgan fingerprint density at radius 3 is 2.61 bits per heavy atom. The van der Waals surface area contributed by atoms with Gasteiger partial charge in [0.1, 0.15) is 22.9 Å². The summed E-state index contributed by atoms with van der Waals surface area (Å²) < 4.78 is 7.90. The third kappa shape index (κ3) is 3.79. The van der Waals surface area contributed by atoms with Gasteiger partial charge in [-0.05, 0) is 49.1 Å². The summed E-state index contributed by atoms with van der Waals surface area (Å²) in [6.07, 6.45) is 4.94. The normalized spacial score (nSPS) is 13.7. The molecule has 4 aromatic rings. The van der Waals surface area contributed by atoms with Gasteiger partial charge >= 0.3 is 5.97 Å². The molecular formula is C26H25N3O2. The van der Waals surface area contributed by atoms with Crippen LogP contribution in [0.2, 0.25) is 0 Å². The van der Waals surface area contributed by atoms with E-state index in [1.54, 1.807) is 0 Å². The van der Waals surface area contributed by atoms with Gasteiger partial charge in [0.15, 0.2) is 0 Å². The first kappa shape index (κ1) is 19.4. The van der Waals surface area contributed by atoms with Crippen LogP contribution in [-0.4, -0.2) is 15.4 Å². The lowest BCUT2D eigenvalue weighted by molar-refractivity contribution is -0.141. The van der Waals surface area contributed by atoms with Crippen LogP contribution in [0.1, 0.15) is 30.4 Å². The number of hydrogen-bond donors (Lipinski definition) is 1. The summed E-state index contributed by atoms with van der Waals surface area (Å²) in [5, 5.41) is 3.56. The number of rotatable bonds is 6. The number of pyridine rings is 1. The molecule has 1 aliphatic carbocycles. The number of esters is 1. The predicted octanol–water partition coefficient (Wildman–Crippen LogP) is 5.63. The highest BCUT2D eigenvalue weighted by atomic mass is 16.5. The lowest BCUT2D eigenvalue weighted by Gasteiger charge is -2.23. The average molecular weight is 412 g/mol. The van der Waals surface area contributed by atoms with Crippen LogP contribution in [0.5, 0.6) is 5.75 Å². The largest absolute Gasteiger partial charge is 0.426 e. The molecule has 0 aliphatic heterocycles. The first-order valence-electron chi connectivity index (χ1n) is 10.8. The van der Waals surface area contributed by atoms with E-state index in [1.165, 1.54) is 5.56 Å². The number of aromatic nitrogens is 2. The van der Waals surface area contributed by atoms with E-state index >= 15 is 0 Å². The van der Waals surface area contributed by atoms with E-state index in [2.05, 4.69) is 34.8 Å². The van der Waals surface area contributed by atoms with E-state index in [0.717, 1.165) is 47.5 Å². The summed E-state index contributed by atoms with van der Waals surface area (Å²) in [6.45, 7) is 2.72. The molecule has 0 radical (unpaired) electrons. The molecule has 5 nitrogen and oxygen atoms in total. The quantitative estimate of drug-likeness (QED) is 0.330. The molecule has 0 amide bonds. The van der Waals surface area contributed by atoms with E-state index in [-0.39, 0.29) is 11.9 Å². The van der Waals surface area contributed by atoms with Crippen molar-refractivity contribution in [3.05, 3.63) is 84.1 Å². The Morgan fingerprint density at radius 2 is 1.84 bits per heavy atom. The first-order chi connectivity index (χ1) is 15.2. The van der Waals surface area contributed by atoms with Gasteiger partial charge in [-0.2, -0.15) is 0 Å². The molecule has 2 heterocycles. The lowest BCUT2D eigenvalue weighted by atomic mass is 9.86. The molecule has 0 bridgehead atoms. The van der Waals surface area contributed by atoms with Crippen molar-refractivity contribution >= 4 is 17.4 Å². The van der Waals surface area contributed by atoms with Crippen molar-refractivity contribution in [2.24, 2.45) is 5.92 Å². The molecule has 2 aromatic heterocycles. The van der Waals surface area contributed by atoms with Crippen molar-refractivity contribution in [2.45, 2.75) is 32.7 Å². The van der Waals surface area contributed by atoms with E-state index in [4.69, 9.17) is 9.72 Å². The maximum atomic E-state index is 12.5. The third-order valence-electron chi connectivity index (χ3n) is 5.94. The number of hydrogen-bond acceptors (Lipinski definition) is 4. The van der Waals surface area contributed by atoms with Crippen LogP contribution in [0.3, 0.4) is 0 Å². The van der Waals surface area contributed by atoms with Crippen LogP contribution >= 0.6 is 0 Å². The summed E-state index contributed by atoms with van der Waals surface area (Å²) in [6, 6.07) is 22.0. The SMILES string of the molecule is Cc1cccn2c(NCc3ccccc3)c(-c3ccccc3OC(=O)C3CCC3)nc12. The molecule has 0 atom stereocenters. The van der Waals surface area contributed by atoms with Gasteiger partial charge in [0, 0.05) is 18.3 Å². The van der Waals surface area contributed by atoms with Crippen molar-refractivity contribution in [3.8, 4) is 17.0 Å². The standard InChI is InChI=1S/C26H25N3O2/c1-18-9-8-16-29-24(18)28-23(25(29)27-17-19-10-3-2-4-11-19)21-14-5-6-15-22(21)31-26(30)20-12-7-13-20/h2-6,8-11,14-16,20,27H,7,12-13,17H2,1H3. The van der Waals surface area contributed by atoms with Gasteiger partial charge in [0.25, 0.3) is 0 Å². The molecule has 5 rings (SSSR count). The highest BCUT2D eigenvalue weighted by molar-refractivity contribution is 5.84. The molecule has 2 aromatic carbocycles. The van der Waals surface area contributed by atoms with Gasteiger partial charge in [-0.25, -0.2) is 4.98 Å². The molecule has 1 N–H and O–H groups in total. The zero-order chi connectivity index (χ0) is 21.2. The number of benzene rings is 2. The zero-order valence-corrected chi connectivity index (χ0v) is 17.5. The molecule has 1 aliphatic rings. The Hall–Kier alpha value is -3.60. The van der Waals surface area contributed by atoms with Crippen LogP contribution in [-0.2, 0) is 11.3 Å². The molecular weight excluding hydrogens is 386 g/mol. The van der Waals surface area contributed by atoms with E-state index < -0.39 is 0 Å². The van der Waals surface area contributed by atoms with Crippen LogP contribution in [0.4, 0.5) is 5.82 Å². The molecule has 31 heavy (non-hydrogen) atoms. The number of aryl methyl sites for hydroxylation is 1. The number of ether oxygens (including phenoxy) is 1. The predicted molar refractivity (Wildman–Crippen MR) is 122 cm³/mol. The second kappa shape index (κ2) is 8.26. The molecule has 1 saturated carbocycles. The van der Waals surface area contributed by atoms with Crippen LogP contribution in [0.25, 0.3) is 16.9 Å². The van der Waals surface area contributed by atoms with E-state index in [9.17, 15) is 4.79 Å². The Bertz CT molecular complexity index is 1230. The van der Waals surface area contributed by atoms with Crippen molar-refractivity contribution in [1.82, 2.24) is 9.38 Å². The molecule has 5 heteroatoms. The average Bonchev–Trinajstić information content (AvgIpc) is 3.12. The number of fused-ring (bicyclic) bond motifs is 1. The van der Waals surface area contributed by atoms with Gasteiger partial charge < -0.3 is 10.1 Å². The fourth-order valence-corrected chi connectivity index (χ4v) is 3.93. The summed E-state index contributed by atoms with van der Waals surface area (Å²) in [5.74, 6) is 1.32. The Labute approximate surface area is 181 Å². The lowest BCUT2D eigenvalue weighted by Crippen LogP contribution is -2.26. The molecule has 0 saturated heterocycles. The van der Waals surface area contributed by atoms with E-state index in [0.29, 0.717) is 12.3 Å². The summed E-state index contributed by atoms with van der Waals surface area (Å²) >= 11 is 0. The minimum Gasteiger partial charge on any atom is -0.426 e. The monoisotopic (exact) mass is 411 g/mol. The second-order valence-corrected chi connectivity index (χ2v) is 8.08. The number of anilines is 1. The van der Waals surface area contributed by atoms with Gasteiger partial charge in [-0.3, -0.25) is 9.20 Å². The number of nitrogens with zero attached hydrogens (tertiary/aromatic N) is 2. The summed E-state index contributed by atoms with van der Waals surface area (Å²) in [7, 11) is 0. The van der Waals surface area contributed by atoms with Crippen LogP contribution in [0, 0.1) is 12.8 Å².